The van der Waals surface area contributed by atoms with Gasteiger partial charge in [0.2, 0.25) is 6.10 Å². The molecule has 0 bridgehead atoms. The molecule has 2 aromatic rings. The normalized spacial score (nSPS) is 12.0. The molecule has 1 N–H and O–H groups in total. The first-order valence-electron chi connectivity index (χ1n) is 7.40. The molecule has 1 amide bonds. The maximum absolute atomic E-state index is 12.2. The van der Waals surface area contributed by atoms with Crippen molar-refractivity contribution in [1.29, 1.82) is 0 Å². The number of carbonyl (C=O) groups excluding carboxylic acids is 1. The van der Waals surface area contributed by atoms with E-state index in [9.17, 15) is 4.79 Å². The van der Waals surface area contributed by atoms with Gasteiger partial charge in [0.15, 0.2) is 0 Å². The SMILES string of the molecule is COc1ccc(C)cc1NC(=O)C(C)ON=Cc1ccc(Cl)cc1. The summed E-state index contributed by atoms with van der Waals surface area (Å²) >= 11 is 5.81. The van der Waals surface area contributed by atoms with Crippen LogP contribution in [0.3, 0.4) is 0 Å². The largest absolute Gasteiger partial charge is 0.495 e. The second-order valence-electron chi connectivity index (χ2n) is 5.23. The van der Waals surface area contributed by atoms with Gasteiger partial charge in [0.05, 0.1) is 19.0 Å². The van der Waals surface area contributed by atoms with Crippen LogP contribution in [0.1, 0.15) is 18.1 Å². The van der Waals surface area contributed by atoms with E-state index in [0.717, 1.165) is 11.1 Å². The zero-order chi connectivity index (χ0) is 17.5. The number of ether oxygens (including phenoxy) is 1. The molecule has 6 heteroatoms. The summed E-state index contributed by atoms with van der Waals surface area (Å²) in [6.45, 7) is 3.56. The average molecular weight is 347 g/mol. The molecule has 1 unspecified atom stereocenters. The van der Waals surface area contributed by atoms with Gasteiger partial charge in [0.25, 0.3) is 5.91 Å². The van der Waals surface area contributed by atoms with Gasteiger partial charge in [-0.15, -0.1) is 0 Å². The highest BCUT2D eigenvalue weighted by Gasteiger charge is 2.16. The first kappa shape index (κ1) is 17.8. The molecular weight excluding hydrogens is 328 g/mol. The van der Waals surface area contributed by atoms with Crippen LogP contribution >= 0.6 is 11.6 Å². The van der Waals surface area contributed by atoms with Crippen molar-refractivity contribution in [2.75, 3.05) is 12.4 Å². The van der Waals surface area contributed by atoms with Gasteiger partial charge in [-0.05, 0) is 49.2 Å². The fourth-order valence-electron chi connectivity index (χ4n) is 1.93. The molecule has 0 radical (unpaired) electrons. The number of nitrogens with zero attached hydrogens (tertiary/aromatic N) is 1. The van der Waals surface area contributed by atoms with Gasteiger partial charge in [-0.3, -0.25) is 4.79 Å². The number of rotatable bonds is 6. The Bertz CT molecular complexity index is 730. The van der Waals surface area contributed by atoms with Gasteiger partial charge >= 0.3 is 0 Å². The second-order valence-corrected chi connectivity index (χ2v) is 5.66. The number of benzene rings is 2. The lowest BCUT2D eigenvalue weighted by Crippen LogP contribution is -2.26. The standard InChI is InChI=1S/C18H19ClN2O3/c1-12-4-9-17(23-3)16(10-12)21-18(22)13(2)24-20-11-14-5-7-15(19)8-6-14/h4-11,13H,1-3H3,(H,21,22). The molecule has 0 fully saturated rings. The Morgan fingerprint density at radius 2 is 1.96 bits per heavy atom. The smallest absolute Gasteiger partial charge is 0.268 e. The quantitative estimate of drug-likeness (QED) is 0.634. The highest BCUT2D eigenvalue weighted by Crippen LogP contribution is 2.25. The van der Waals surface area contributed by atoms with Crippen LogP contribution in [-0.2, 0) is 9.63 Å². The molecule has 2 aromatic carbocycles. The number of carbonyl (C=O) groups is 1. The highest BCUT2D eigenvalue weighted by molar-refractivity contribution is 6.30. The van der Waals surface area contributed by atoms with Crippen LogP contribution in [0.5, 0.6) is 5.75 Å². The van der Waals surface area contributed by atoms with E-state index in [0.29, 0.717) is 16.5 Å². The van der Waals surface area contributed by atoms with Crippen LogP contribution in [-0.4, -0.2) is 25.3 Å². The summed E-state index contributed by atoms with van der Waals surface area (Å²) in [4.78, 5) is 17.4. The van der Waals surface area contributed by atoms with Crippen molar-refractivity contribution >= 4 is 29.4 Å². The fraction of sp³-hybridized carbons (Fsp3) is 0.222. The molecule has 0 saturated heterocycles. The molecule has 0 aromatic heterocycles. The third kappa shape index (κ3) is 4.99. The molecular formula is C18H19ClN2O3. The van der Waals surface area contributed by atoms with Gasteiger partial charge < -0.3 is 14.9 Å². The fourth-order valence-corrected chi connectivity index (χ4v) is 2.06. The second kappa shape index (κ2) is 8.36. The Labute approximate surface area is 146 Å². The molecule has 126 valence electrons. The Morgan fingerprint density at radius 1 is 1.25 bits per heavy atom. The predicted octanol–water partition coefficient (Wildman–Crippen LogP) is 4.03. The Balaban J connectivity index is 1.95. The van der Waals surface area contributed by atoms with E-state index in [4.69, 9.17) is 21.2 Å². The zero-order valence-corrected chi connectivity index (χ0v) is 14.5. The Hall–Kier alpha value is -2.53. The van der Waals surface area contributed by atoms with Crippen molar-refractivity contribution < 1.29 is 14.4 Å². The molecule has 1 atom stereocenters. The van der Waals surface area contributed by atoms with Crippen molar-refractivity contribution in [2.24, 2.45) is 5.16 Å². The van der Waals surface area contributed by atoms with Gasteiger partial charge in [-0.25, -0.2) is 0 Å². The molecule has 0 heterocycles. The number of oxime groups is 1. The molecule has 0 aliphatic rings. The minimum absolute atomic E-state index is 0.313. The average Bonchev–Trinajstić information content (AvgIpc) is 2.56. The zero-order valence-electron chi connectivity index (χ0n) is 13.7. The minimum atomic E-state index is -0.751. The lowest BCUT2D eigenvalue weighted by molar-refractivity contribution is -0.126. The maximum Gasteiger partial charge on any atom is 0.268 e. The van der Waals surface area contributed by atoms with Crippen molar-refractivity contribution in [1.82, 2.24) is 0 Å². The van der Waals surface area contributed by atoms with Crippen molar-refractivity contribution in [2.45, 2.75) is 20.0 Å². The number of anilines is 1. The molecule has 5 nitrogen and oxygen atoms in total. The molecule has 2 rings (SSSR count). The lowest BCUT2D eigenvalue weighted by atomic mass is 10.2. The topological polar surface area (TPSA) is 59.9 Å². The number of halogens is 1. The summed E-state index contributed by atoms with van der Waals surface area (Å²) < 4.78 is 5.23. The summed E-state index contributed by atoms with van der Waals surface area (Å²) in [6.07, 6.45) is 0.770. The summed E-state index contributed by atoms with van der Waals surface area (Å²) in [5, 5.41) is 7.26. The third-order valence-electron chi connectivity index (χ3n) is 3.27. The van der Waals surface area contributed by atoms with Crippen LogP contribution in [0.4, 0.5) is 5.69 Å². The van der Waals surface area contributed by atoms with E-state index in [1.165, 1.54) is 6.21 Å². The van der Waals surface area contributed by atoms with Gasteiger partial charge in [0.1, 0.15) is 5.75 Å². The van der Waals surface area contributed by atoms with Crippen LogP contribution < -0.4 is 10.1 Å². The van der Waals surface area contributed by atoms with E-state index in [1.54, 1.807) is 44.4 Å². The molecule has 0 aliphatic heterocycles. The van der Waals surface area contributed by atoms with Crippen LogP contribution in [0.15, 0.2) is 47.6 Å². The first-order chi connectivity index (χ1) is 11.5. The molecule has 0 aliphatic carbocycles. The van der Waals surface area contributed by atoms with E-state index < -0.39 is 6.10 Å². The Kier molecular flexibility index (Phi) is 6.21. The van der Waals surface area contributed by atoms with Crippen molar-refractivity contribution in [3.8, 4) is 5.75 Å². The van der Waals surface area contributed by atoms with E-state index in [2.05, 4.69) is 10.5 Å². The maximum atomic E-state index is 12.2. The Morgan fingerprint density at radius 3 is 2.62 bits per heavy atom. The van der Waals surface area contributed by atoms with Gasteiger partial charge in [0, 0.05) is 5.02 Å². The minimum Gasteiger partial charge on any atom is -0.495 e. The summed E-state index contributed by atoms with van der Waals surface area (Å²) in [5.74, 6) is 0.276. The summed E-state index contributed by atoms with van der Waals surface area (Å²) in [6, 6.07) is 12.7. The van der Waals surface area contributed by atoms with Gasteiger partial charge in [-0.1, -0.05) is 35.0 Å². The first-order valence-corrected chi connectivity index (χ1v) is 7.77. The molecule has 0 saturated carbocycles. The lowest BCUT2D eigenvalue weighted by Gasteiger charge is -2.13. The summed E-state index contributed by atoms with van der Waals surface area (Å²) in [7, 11) is 1.55. The number of hydrogen-bond donors (Lipinski definition) is 1. The van der Waals surface area contributed by atoms with E-state index in [1.807, 2.05) is 19.1 Å². The number of amides is 1. The number of nitrogens with one attached hydrogen (secondary N) is 1. The predicted molar refractivity (Wildman–Crippen MR) is 96.0 cm³/mol. The summed E-state index contributed by atoms with van der Waals surface area (Å²) in [5.41, 5.74) is 2.44. The third-order valence-corrected chi connectivity index (χ3v) is 3.52. The van der Waals surface area contributed by atoms with E-state index >= 15 is 0 Å². The van der Waals surface area contributed by atoms with Crippen LogP contribution in [0.25, 0.3) is 0 Å². The number of aryl methyl sites for hydroxylation is 1. The highest BCUT2D eigenvalue weighted by atomic mass is 35.5. The van der Waals surface area contributed by atoms with Gasteiger partial charge in [-0.2, -0.15) is 0 Å². The molecule has 24 heavy (non-hydrogen) atoms. The number of hydrogen-bond acceptors (Lipinski definition) is 4. The van der Waals surface area contributed by atoms with E-state index in [-0.39, 0.29) is 5.91 Å². The molecule has 0 spiro atoms. The number of methoxy groups -OCH3 is 1. The van der Waals surface area contributed by atoms with Crippen LogP contribution in [0, 0.1) is 6.92 Å². The monoisotopic (exact) mass is 346 g/mol. The van der Waals surface area contributed by atoms with Crippen LogP contribution in [0.2, 0.25) is 5.02 Å². The van der Waals surface area contributed by atoms with Crippen molar-refractivity contribution in [3.05, 3.63) is 58.6 Å². The van der Waals surface area contributed by atoms with Crippen molar-refractivity contribution in [3.63, 3.8) is 0 Å².